The quantitative estimate of drug-likeness (QED) is 0.100. The average Bonchev–Trinajstić information content (AvgIpc) is 2.80. The minimum Gasteiger partial charge on any atom is -0.381 e. The Kier molecular flexibility index (Phi) is 38.3. The standard InChI is InChI=1S/C19H37N3O7.C4H7O.2U/c1-3-19(2,16-29-7-4-17(21)23)22-18(24)5-8-25-10-12-27-14-15-28-13-11-26-9-6-20;1-3-4(2)5;;/h1-16,20H2,(H2,21,23)(H,22,24);1,3H2,2H3;;/q-2;-1;;+2. The van der Waals surface area contributed by atoms with Gasteiger partial charge in [-0.1, -0.05) is 5.54 Å². The molecule has 1 atom stereocenters. The van der Waals surface area contributed by atoms with E-state index in [4.69, 9.17) is 35.2 Å². The van der Waals surface area contributed by atoms with Gasteiger partial charge in [-0.05, 0) is 6.92 Å². The molecule has 0 spiro atoms. The van der Waals surface area contributed by atoms with E-state index in [1.807, 2.05) is 0 Å². The molecule has 0 heterocycles. The summed E-state index contributed by atoms with van der Waals surface area (Å²) in [6, 6.07) is 0. The van der Waals surface area contributed by atoms with Crippen LogP contribution in [0.5, 0.6) is 0 Å². The molecule has 0 rings (SSSR count). The van der Waals surface area contributed by atoms with E-state index in [1.165, 1.54) is 6.92 Å². The van der Waals surface area contributed by atoms with Crippen LogP contribution in [-0.2, 0) is 38.1 Å². The second kappa shape index (κ2) is 31.7. The van der Waals surface area contributed by atoms with E-state index in [2.05, 4.69) is 26.1 Å². The monoisotopic (exact) mass is 966 g/mol. The van der Waals surface area contributed by atoms with Gasteiger partial charge in [-0.2, -0.15) is 6.42 Å². The van der Waals surface area contributed by atoms with E-state index in [-0.39, 0.29) is 107 Å². The molecule has 0 radical (unpaired) electrons. The molecular weight excluding hydrogens is 922 g/mol. The summed E-state index contributed by atoms with van der Waals surface area (Å²) in [5.41, 5.74) is 9.48. The van der Waals surface area contributed by atoms with Crippen molar-refractivity contribution >= 4 is 17.6 Å². The number of hydrogen-bond donors (Lipinski definition) is 3. The maximum Gasteiger partial charge on any atom is 2.00 e. The molecular formula is C23H44N3O8U2-. The van der Waals surface area contributed by atoms with Crippen molar-refractivity contribution in [1.29, 1.82) is 0 Å². The van der Waals surface area contributed by atoms with E-state index in [0.717, 1.165) is 0 Å². The smallest absolute Gasteiger partial charge is 0.381 e. The predicted octanol–water partition coefficient (Wildman–Crippen LogP) is 0.00647. The van der Waals surface area contributed by atoms with Gasteiger partial charge in [-0.25, -0.2) is 0 Å². The Morgan fingerprint density at radius 1 is 0.806 bits per heavy atom. The van der Waals surface area contributed by atoms with Gasteiger partial charge in [0, 0.05) is 57.1 Å². The molecule has 0 saturated carbocycles. The molecule has 0 aromatic rings. The first-order valence-electron chi connectivity index (χ1n) is 11.3. The molecule has 5 N–H and O–H groups in total. The number of Topliss-reactive ketones (excluding diaryl/α,β-unsaturated/α-hetero) is 1. The van der Waals surface area contributed by atoms with Crippen LogP contribution in [0, 0.1) is 83.0 Å². The number of primary amides is 1. The summed E-state index contributed by atoms with van der Waals surface area (Å²) in [5.74, 6) is -0.516. The topological polar surface area (TPSA) is 161 Å². The van der Waals surface area contributed by atoms with Crippen molar-refractivity contribution in [3.8, 4) is 0 Å². The number of hydrogen-bond acceptors (Lipinski definition) is 9. The van der Waals surface area contributed by atoms with Crippen molar-refractivity contribution in [3.63, 3.8) is 0 Å². The molecule has 2 amide bonds. The van der Waals surface area contributed by atoms with Crippen molar-refractivity contribution in [1.82, 2.24) is 5.32 Å². The summed E-state index contributed by atoms with van der Waals surface area (Å²) < 4.78 is 26.6. The Labute approximate surface area is 264 Å². The zero-order chi connectivity index (χ0) is 26.1. The second-order valence-electron chi connectivity index (χ2n) is 7.29. The number of nitrogens with two attached hydrogens (primary N) is 2. The number of amides is 2. The second-order valence-corrected chi connectivity index (χ2v) is 7.29. The van der Waals surface area contributed by atoms with E-state index >= 15 is 0 Å². The summed E-state index contributed by atoms with van der Waals surface area (Å²) in [7, 11) is 0. The Hall–Kier alpha value is 0.474. The van der Waals surface area contributed by atoms with Crippen LogP contribution >= 0.6 is 0 Å². The van der Waals surface area contributed by atoms with Crippen LogP contribution in [0.3, 0.4) is 0 Å². The Balaban J connectivity index is -0.000000661. The number of ketones is 1. The van der Waals surface area contributed by atoms with Crippen LogP contribution in [0.1, 0.15) is 32.6 Å². The zero-order valence-electron chi connectivity index (χ0n) is 21.6. The first-order chi connectivity index (χ1) is 16.2. The molecule has 1 unspecified atom stereocenters. The third-order valence-corrected chi connectivity index (χ3v) is 3.96. The van der Waals surface area contributed by atoms with Gasteiger partial charge in [0.2, 0.25) is 11.8 Å². The Morgan fingerprint density at radius 3 is 1.61 bits per heavy atom. The van der Waals surface area contributed by atoms with Crippen molar-refractivity contribution in [2.75, 3.05) is 72.6 Å². The van der Waals surface area contributed by atoms with Gasteiger partial charge in [0.05, 0.1) is 65.2 Å². The van der Waals surface area contributed by atoms with Gasteiger partial charge in [0.15, 0.2) is 0 Å². The van der Waals surface area contributed by atoms with Crippen molar-refractivity contribution in [2.24, 2.45) is 11.5 Å². The average molecular weight is 967 g/mol. The molecule has 0 aliphatic rings. The number of ether oxygens (including phenoxy) is 5. The van der Waals surface area contributed by atoms with Crippen LogP contribution in [-0.4, -0.2) is 95.8 Å². The molecule has 0 aromatic heterocycles. The molecule has 208 valence electrons. The molecule has 0 aliphatic carbocycles. The maximum absolute atomic E-state index is 12.0. The van der Waals surface area contributed by atoms with E-state index < -0.39 is 11.4 Å². The largest absolute Gasteiger partial charge is 2.00 e. The number of nitrogens with one attached hydrogen (secondary N) is 1. The Bertz CT molecular complexity index is 534. The molecule has 0 bridgehead atoms. The van der Waals surface area contributed by atoms with Gasteiger partial charge in [0.25, 0.3) is 0 Å². The zero-order valence-corrected chi connectivity index (χ0v) is 30.0. The fourth-order valence-electron chi connectivity index (χ4n) is 1.98. The normalized spacial score (nSPS) is 11.7. The molecule has 11 nitrogen and oxygen atoms in total. The van der Waals surface area contributed by atoms with E-state index in [1.54, 1.807) is 0 Å². The summed E-state index contributed by atoms with van der Waals surface area (Å²) in [5, 5.41) is 2.78. The van der Waals surface area contributed by atoms with Gasteiger partial charge < -0.3 is 66.0 Å². The minimum atomic E-state index is -0.854. The van der Waals surface area contributed by atoms with Crippen LogP contribution in [0.2, 0.25) is 0 Å². The third kappa shape index (κ3) is 34.5. The fraction of sp³-hybridized carbons (Fsp3) is 0.739. The van der Waals surface area contributed by atoms with Crippen molar-refractivity contribution < 1.29 is 100 Å². The summed E-state index contributed by atoms with van der Waals surface area (Å²) in [4.78, 5) is 32.4. The van der Waals surface area contributed by atoms with E-state index in [0.29, 0.717) is 65.6 Å². The number of carbonyl (C=O) groups is 3. The molecule has 36 heavy (non-hydrogen) atoms. The molecule has 0 aromatic carbocycles. The minimum absolute atomic E-state index is 0. The van der Waals surface area contributed by atoms with Crippen molar-refractivity contribution in [3.05, 3.63) is 20.8 Å². The molecule has 0 fully saturated rings. The third-order valence-electron chi connectivity index (χ3n) is 3.96. The van der Waals surface area contributed by atoms with Crippen LogP contribution in [0.15, 0.2) is 0 Å². The first kappa shape index (κ1) is 43.5. The van der Waals surface area contributed by atoms with E-state index in [9.17, 15) is 14.4 Å². The number of rotatable bonds is 22. The number of carbonyl (C=O) groups excluding carboxylic acids is 3. The summed E-state index contributed by atoms with van der Waals surface area (Å²) >= 11 is 0. The predicted molar refractivity (Wildman–Crippen MR) is 128 cm³/mol. The van der Waals surface area contributed by atoms with Crippen LogP contribution in [0.25, 0.3) is 0 Å². The SMILES string of the molecule is [CH2-]CC(C)=O.[CH2-]CC([CH2-])(COCCC(N)=O)NC(=O)CCOCCOCCOCCOCCN.[U+2].[U]. The molecule has 0 saturated heterocycles. The van der Waals surface area contributed by atoms with Gasteiger partial charge in [0.1, 0.15) is 0 Å². The van der Waals surface area contributed by atoms with Crippen LogP contribution < -0.4 is 16.8 Å². The van der Waals surface area contributed by atoms with Crippen LogP contribution in [0.4, 0.5) is 0 Å². The van der Waals surface area contributed by atoms with Gasteiger partial charge in [-0.3, -0.25) is 9.59 Å². The molecule has 0 aliphatic heterocycles. The van der Waals surface area contributed by atoms with Gasteiger partial charge in [-0.15, -0.1) is 6.42 Å². The maximum atomic E-state index is 12.0. The summed E-state index contributed by atoms with van der Waals surface area (Å²) in [6.07, 6.45) is 1.06. The van der Waals surface area contributed by atoms with Crippen molar-refractivity contribution in [2.45, 2.75) is 38.1 Å². The first-order valence-corrected chi connectivity index (χ1v) is 11.3. The molecule has 13 heteroatoms. The Morgan fingerprint density at radius 2 is 1.22 bits per heavy atom. The summed E-state index contributed by atoms with van der Waals surface area (Å²) in [6.45, 7) is 17.0. The van der Waals surface area contributed by atoms with Gasteiger partial charge >= 0.3 is 31.1 Å². The fourth-order valence-corrected chi connectivity index (χ4v) is 1.98.